The van der Waals surface area contributed by atoms with Crippen LogP contribution in [0.15, 0.2) is 71.1 Å². The van der Waals surface area contributed by atoms with Crippen LogP contribution in [0.5, 0.6) is 0 Å². The highest BCUT2D eigenvalue weighted by molar-refractivity contribution is 6.08. The largest absolute Gasteiger partial charge is 0.477 e. The quantitative estimate of drug-likeness (QED) is 0.311. The number of aromatic nitrogens is 2. The van der Waals surface area contributed by atoms with Gasteiger partial charge in [0, 0.05) is 11.9 Å². The van der Waals surface area contributed by atoms with E-state index in [2.05, 4.69) is 4.98 Å². The number of aromatic carboxylic acids is 1. The van der Waals surface area contributed by atoms with Crippen molar-refractivity contribution in [1.82, 2.24) is 9.55 Å². The molecule has 0 saturated heterocycles. The molecule has 0 saturated carbocycles. The van der Waals surface area contributed by atoms with Gasteiger partial charge < -0.3 is 14.1 Å². The highest BCUT2D eigenvalue weighted by atomic mass is 19.4. The van der Waals surface area contributed by atoms with E-state index in [0.29, 0.717) is 39.6 Å². The molecule has 0 aliphatic heterocycles. The van der Waals surface area contributed by atoms with Crippen LogP contribution in [0.1, 0.15) is 34.1 Å². The maximum Gasteiger partial charge on any atom is 0.416 e. The van der Waals surface area contributed by atoms with E-state index >= 15 is 0 Å². The lowest BCUT2D eigenvalue weighted by Gasteiger charge is -2.12. The molecule has 0 amide bonds. The Bertz CT molecular complexity index is 1510. The Balaban J connectivity index is 1.79. The second-order valence-electron chi connectivity index (χ2n) is 7.96. The number of oxazole rings is 1. The minimum atomic E-state index is -4.50. The molecule has 34 heavy (non-hydrogen) atoms. The number of carboxylic acids is 1. The van der Waals surface area contributed by atoms with Crippen molar-refractivity contribution in [2.75, 3.05) is 0 Å². The molecule has 8 heteroatoms. The normalized spacial score (nSPS) is 12.0. The van der Waals surface area contributed by atoms with E-state index in [9.17, 15) is 23.1 Å². The molecule has 5 aromatic rings. The van der Waals surface area contributed by atoms with Gasteiger partial charge in [-0.25, -0.2) is 9.78 Å². The van der Waals surface area contributed by atoms with E-state index in [0.717, 1.165) is 17.7 Å². The summed E-state index contributed by atoms with van der Waals surface area (Å²) in [5.74, 6) is -1.06. The average Bonchev–Trinajstić information content (AvgIpc) is 3.38. The first kappa shape index (κ1) is 21.8. The monoisotopic (exact) mass is 464 g/mol. The fourth-order valence-corrected chi connectivity index (χ4v) is 4.37. The van der Waals surface area contributed by atoms with Gasteiger partial charge in [-0.15, -0.1) is 0 Å². The van der Waals surface area contributed by atoms with Gasteiger partial charge in [-0.2, -0.15) is 13.2 Å². The molecule has 0 unspecified atom stereocenters. The van der Waals surface area contributed by atoms with Crippen molar-refractivity contribution in [3.63, 3.8) is 0 Å². The SMILES string of the molecule is CCc1cccc2c1c(-c1nc3ccccc3o1)c(C(=O)O)n2Cc1cccc(C(F)(F)F)c1. The lowest BCUT2D eigenvalue weighted by molar-refractivity contribution is -0.137. The van der Waals surface area contributed by atoms with Gasteiger partial charge >= 0.3 is 12.1 Å². The fraction of sp³-hybridized carbons (Fsp3) is 0.154. The Hall–Kier alpha value is -4.07. The summed E-state index contributed by atoms with van der Waals surface area (Å²) in [6.45, 7) is 1.89. The molecule has 0 fully saturated rings. The Morgan fingerprint density at radius 3 is 2.53 bits per heavy atom. The third-order valence-electron chi connectivity index (χ3n) is 5.86. The minimum Gasteiger partial charge on any atom is -0.477 e. The van der Waals surface area contributed by atoms with Crippen LogP contribution in [-0.2, 0) is 19.1 Å². The molecule has 0 aliphatic rings. The van der Waals surface area contributed by atoms with Crippen LogP contribution in [-0.4, -0.2) is 20.6 Å². The number of hydrogen-bond acceptors (Lipinski definition) is 3. The number of rotatable bonds is 5. The zero-order valence-corrected chi connectivity index (χ0v) is 18.1. The van der Waals surface area contributed by atoms with E-state index in [1.54, 1.807) is 36.4 Å². The first-order valence-electron chi connectivity index (χ1n) is 10.7. The van der Waals surface area contributed by atoms with Crippen molar-refractivity contribution < 1.29 is 27.5 Å². The highest BCUT2D eigenvalue weighted by Crippen LogP contribution is 2.39. The van der Waals surface area contributed by atoms with Crippen molar-refractivity contribution in [1.29, 1.82) is 0 Å². The van der Waals surface area contributed by atoms with Crippen LogP contribution in [0.3, 0.4) is 0 Å². The predicted molar refractivity (Wildman–Crippen MR) is 122 cm³/mol. The van der Waals surface area contributed by atoms with Crippen LogP contribution in [0.4, 0.5) is 13.2 Å². The first-order chi connectivity index (χ1) is 16.3. The van der Waals surface area contributed by atoms with Gasteiger partial charge in [0.1, 0.15) is 11.2 Å². The number of carbonyl (C=O) groups is 1. The summed E-state index contributed by atoms with van der Waals surface area (Å²) in [6, 6.07) is 17.5. The van der Waals surface area contributed by atoms with E-state index in [1.165, 1.54) is 10.6 Å². The Labute approximate surface area is 192 Å². The lowest BCUT2D eigenvalue weighted by Crippen LogP contribution is -2.12. The van der Waals surface area contributed by atoms with Gasteiger partial charge in [0.05, 0.1) is 16.6 Å². The standard InChI is InChI=1S/C26H19F3N2O3/c1-2-16-8-6-11-19-21(16)22(24-30-18-10-3-4-12-20(18)34-24)23(25(32)33)31(19)14-15-7-5-9-17(13-15)26(27,28)29/h3-13H,2,14H2,1H3,(H,32,33). The number of halogens is 3. The predicted octanol–water partition coefficient (Wildman–Crippen LogP) is 6.78. The van der Waals surface area contributed by atoms with Gasteiger partial charge in [-0.3, -0.25) is 0 Å². The number of nitrogens with zero attached hydrogens (tertiary/aromatic N) is 2. The average molecular weight is 464 g/mol. The van der Waals surface area contributed by atoms with Crippen molar-refractivity contribution in [2.24, 2.45) is 0 Å². The van der Waals surface area contributed by atoms with Gasteiger partial charge in [0.2, 0.25) is 5.89 Å². The van der Waals surface area contributed by atoms with Gasteiger partial charge in [-0.1, -0.05) is 43.3 Å². The Kier molecular flexibility index (Phi) is 5.16. The van der Waals surface area contributed by atoms with E-state index in [1.807, 2.05) is 19.1 Å². The molecule has 2 heterocycles. The van der Waals surface area contributed by atoms with Crippen LogP contribution < -0.4 is 0 Å². The molecule has 0 spiro atoms. The molecule has 1 N–H and O–H groups in total. The maximum atomic E-state index is 13.3. The summed E-state index contributed by atoms with van der Waals surface area (Å²) in [4.78, 5) is 17.1. The highest BCUT2D eigenvalue weighted by Gasteiger charge is 2.31. The van der Waals surface area contributed by atoms with Crippen LogP contribution in [0.2, 0.25) is 0 Å². The van der Waals surface area contributed by atoms with Crippen molar-refractivity contribution in [2.45, 2.75) is 26.1 Å². The van der Waals surface area contributed by atoms with E-state index in [-0.39, 0.29) is 18.1 Å². The topological polar surface area (TPSA) is 68.3 Å². The molecule has 0 atom stereocenters. The fourth-order valence-electron chi connectivity index (χ4n) is 4.37. The Morgan fingerprint density at radius 1 is 1.06 bits per heavy atom. The summed E-state index contributed by atoms with van der Waals surface area (Å²) >= 11 is 0. The van der Waals surface area contributed by atoms with Gasteiger partial charge in [-0.05, 0) is 47.9 Å². The van der Waals surface area contributed by atoms with Crippen molar-refractivity contribution in [3.8, 4) is 11.5 Å². The number of fused-ring (bicyclic) bond motifs is 2. The number of para-hydroxylation sites is 2. The third kappa shape index (κ3) is 3.61. The van der Waals surface area contributed by atoms with Gasteiger partial charge in [0.25, 0.3) is 0 Å². The molecular weight excluding hydrogens is 445 g/mol. The summed E-state index contributed by atoms with van der Waals surface area (Å²) in [6.07, 6.45) is -3.87. The van der Waals surface area contributed by atoms with Crippen LogP contribution >= 0.6 is 0 Å². The number of aryl methyl sites for hydroxylation is 1. The van der Waals surface area contributed by atoms with Gasteiger partial charge in [0.15, 0.2) is 5.58 Å². The zero-order valence-electron chi connectivity index (χ0n) is 18.1. The molecule has 2 aromatic heterocycles. The molecule has 172 valence electrons. The lowest BCUT2D eigenvalue weighted by atomic mass is 10.0. The minimum absolute atomic E-state index is 0.0601. The Morgan fingerprint density at radius 2 is 1.82 bits per heavy atom. The zero-order chi connectivity index (χ0) is 24.0. The summed E-state index contributed by atoms with van der Waals surface area (Å²) < 4.78 is 47.3. The molecule has 0 aliphatic carbocycles. The number of hydrogen-bond donors (Lipinski definition) is 1. The summed E-state index contributed by atoms with van der Waals surface area (Å²) in [5.41, 5.74) is 2.37. The molecule has 5 rings (SSSR count). The van der Waals surface area contributed by atoms with Crippen LogP contribution in [0, 0.1) is 0 Å². The van der Waals surface area contributed by atoms with E-state index < -0.39 is 17.7 Å². The number of alkyl halides is 3. The molecule has 0 radical (unpaired) electrons. The van der Waals surface area contributed by atoms with Crippen molar-refractivity contribution in [3.05, 3.63) is 89.1 Å². The summed E-state index contributed by atoms with van der Waals surface area (Å²) in [5, 5.41) is 10.9. The number of benzene rings is 3. The second kappa shape index (κ2) is 8.06. The number of carboxylic acid groups (broad SMARTS) is 1. The van der Waals surface area contributed by atoms with Crippen molar-refractivity contribution >= 4 is 28.0 Å². The summed E-state index contributed by atoms with van der Waals surface area (Å²) in [7, 11) is 0. The molecule has 3 aromatic carbocycles. The third-order valence-corrected chi connectivity index (χ3v) is 5.86. The molecule has 0 bridgehead atoms. The van der Waals surface area contributed by atoms with E-state index in [4.69, 9.17) is 4.42 Å². The second-order valence-corrected chi connectivity index (χ2v) is 7.96. The smallest absolute Gasteiger partial charge is 0.416 e. The van der Waals surface area contributed by atoms with Crippen LogP contribution in [0.25, 0.3) is 33.5 Å². The maximum absolute atomic E-state index is 13.3. The molecular formula is C26H19F3N2O3. The molecule has 5 nitrogen and oxygen atoms in total. The first-order valence-corrected chi connectivity index (χ1v) is 10.7.